The lowest BCUT2D eigenvalue weighted by Gasteiger charge is -2.38. The van der Waals surface area contributed by atoms with Gasteiger partial charge in [-0.1, -0.05) is 13.8 Å². The van der Waals surface area contributed by atoms with Gasteiger partial charge in [-0.2, -0.15) is 0 Å². The molecule has 0 aromatic heterocycles. The zero-order valence-electron chi connectivity index (χ0n) is 16.4. The summed E-state index contributed by atoms with van der Waals surface area (Å²) in [5, 5.41) is 3.11. The Morgan fingerprint density at radius 2 is 1.77 bits per heavy atom. The topological polar surface area (TPSA) is 90.9 Å². The molecule has 7 heteroatoms. The summed E-state index contributed by atoms with van der Waals surface area (Å²) in [6.07, 6.45) is 0.741. The van der Waals surface area contributed by atoms with Crippen LogP contribution in [0.4, 0.5) is 0 Å². The number of ketones is 1. The van der Waals surface area contributed by atoms with Gasteiger partial charge in [0.25, 0.3) is 0 Å². The number of carbonyl (C=O) groups excluding carboxylic acids is 3. The molecule has 0 aromatic carbocycles. The maximum atomic E-state index is 12.8. The normalized spacial score (nSPS) is 22.4. The predicted octanol–water partition coefficient (Wildman–Crippen LogP) is 2.22. The number of ether oxygens (including phenoxy) is 3. The molecule has 0 bridgehead atoms. The number of Topliss-reactive ketones (excluding diaryl/α,β-unsaturated/α-hetero) is 1. The average Bonchev–Trinajstić information content (AvgIpc) is 2.49. The zero-order valence-corrected chi connectivity index (χ0v) is 16.4. The van der Waals surface area contributed by atoms with E-state index in [1.807, 2.05) is 34.6 Å². The van der Waals surface area contributed by atoms with Crippen LogP contribution in [0, 0.1) is 11.3 Å². The summed E-state index contributed by atoms with van der Waals surface area (Å²) in [6.45, 7) is 9.60. The third kappa shape index (κ3) is 3.92. The Kier molecular flexibility index (Phi) is 5.21. The minimum absolute atomic E-state index is 0.0407. The van der Waals surface area contributed by atoms with Crippen molar-refractivity contribution >= 4 is 17.7 Å². The summed E-state index contributed by atoms with van der Waals surface area (Å²) in [5.74, 6) is -2.28. The first kappa shape index (κ1) is 20.0. The van der Waals surface area contributed by atoms with Crippen LogP contribution in [0.1, 0.15) is 47.5 Å². The average molecular weight is 365 g/mol. The highest BCUT2D eigenvalue weighted by molar-refractivity contribution is 6.08. The minimum atomic E-state index is -1.16. The molecular formula is C19H27NO6. The summed E-state index contributed by atoms with van der Waals surface area (Å²) in [7, 11) is 2.44. The van der Waals surface area contributed by atoms with Gasteiger partial charge in [0, 0.05) is 18.4 Å². The molecule has 0 amide bonds. The molecule has 1 aliphatic heterocycles. The molecule has 1 N–H and O–H groups in total. The number of hydrogen-bond acceptors (Lipinski definition) is 7. The molecule has 0 radical (unpaired) electrons. The predicted molar refractivity (Wildman–Crippen MR) is 93.6 cm³/mol. The summed E-state index contributed by atoms with van der Waals surface area (Å²) >= 11 is 0. The van der Waals surface area contributed by atoms with Crippen molar-refractivity contribution in [3.63, 3.8) is 0 Å². The van der Waals surface area contributed by atoms with Gasteiger partial charge >= 0.3 is 11.9 Å². The van der Waals surface area contributed by atoms with E-state index in [0.29, 0.717) is 12.2 Å². The summed E-state index contributed by atoms with van der Waals surface area (Å²) in [4.78, 5) is 37.8. The Morgan fingerprint density at radius 1 is 1.15 bits per heavy atom. The van der Waals surface area contributed by atoms with Crippen LogP contribution < -0.4 is 5.32 Å². The van der Waals surface area contributed by atoms with Crippen LogP contribution in [0.3, 0.4) is 0 Å². The third-order valence-corrected chi connectivity index (χ3v) is 4.26. The highest BCUT2D eigenvalue weighted by Gasteiger charge is 2.48. The van der Waals surface area contributed by atoms with Gasteiger partial charge in [0.2, 0.25) is 5.88 Å². The van der Waals surface area contributed by atoms with Gasteiger partial charge in [-0.05, 0) is 26.2 Å². The quantitative estimate of drug-likeness (QED) is 0.767. The first-order valence-corrected chi connectivity index (χ1v) is 8.53. The summed E-state index contributed by atoms with van der Waals surface area (Å²) in [5.41, 5.74) is -0.592. The molecule has 0 saturated carbocycles. The van der Waals surface area contributed by atoms with Crippen molar-refractivity contribution in [1.29, 1.82) is 0 Å². The summed E-state index contributed by atoms with van der Waals surface area (Å²) < 4.78 is 15.7. The van der Waals surface area contributed by atoms with Crippen LogP contribution in [-0.4, -0.2) is 37.5 Å². The summed E-state index contributed by atoms with van der Waals surface area (Å²) in [6, 6.07) is 0. The molecular weight excluding hydrogens is 338 g/mol. The Balaban J connectivity index is 2.67. The highest BCUT2D eigenvalue weighted by atomic mass is 16.5. The lowest BCUT2D eigenvalue weighted by Crippen LogP contribution is -2.44. The van der Waals surface area contributed by atoms with Crippen LogP contribution in [0.25, 0.3) is 0 Å². The standard InChI is InChI=1S/C19H27NO6/c1-18(2,3)20-15-14(17(23)25-7)13(16(22)24-6)12-10(21)8-19(4,5)9-11(12)26-15/h13,20H,8-9H2,1-7H3. The van der Waals surface area contributed by atoms with E-state index in [2.05, 4.69) is 5.32 Å². The van der Waals surface area contributed by atoms with Gasteiger partial charge in [0.1, 0.15) is 17.3 Å². The fourth-order valence-electron chi connectivity index (χ4n) is 3.25. The zero-order chi connectivity index (χ0) is 19.9. The monoisotopic (exact) mass is 365 g/mol. The molecule has 1 aliphatic carbocycles. The Bertz CT molecular complexity index is 708. The van der Waals surface area contributed by atoms with E-state index < -0.39 is 23.4 Å². The smallest absolute Gasteiger partial charge is 0.340 e. The SMILES string of the molecule is COC(=O)C1=C(NC(C)(C)C)OC2=C(C(=O)CC(C)(C)C2)C1C(=O)OC. The van der Waals surface area contributed by atoms with Crippen molar-refractivity contribution in [2.24, 2.45) is 11.3 Å². The molecule has 1 unspecified atom stereocenters. The molecule has 0 fully saturated rings. The number of nitrogens with one attached hydrogen (secondary N) is 1. The fourth-order valence-corrected chi connectivity index (χ4v) is 3.25. The first-order chi connectivity index (χ1) is 11.9. The molecule has 0 saturated heterocycles. The maximum absolute atomic E-state index is 12.8. The van der Waals surface area contributed by atoms with E-state index >= 15 is 0 Å². The van der Waals surface area contributed by atoms with E-state index in [-0.39, 0.29) is 34.6 Å². The number of allylic oxidation sites excluding steroid dienone is 1. The Labute approximate surface area is 153 Å². The Morgan fingerprint density at radius 3 is 2.27 bits per heavy atom. The molecule has 2 rings (SSSR count). The van der Waals surface area contributed by atoms with Gasteiger partial charge < -0.3 is 19.5 Å². The van der Waals surface area contributed by atoms with E-state index in [9.17, 15) is 14.4 Å². The van der Waals surface area contributed by atoms with Crippen LogP contribution in [0.2, 0.25) is 0 Å². The number of methoxy groups -OCH3 is 2. The molecule has 2 aliphatic rings. The van der Waals surface area contributed by atoms with Crippen LogP contribution in [0.5, 0.6) is 0 Å². The van der Waals surface area contributed by atoms with Crippen LogP contribution in [0.15, 0.2) is 22.8 Å². The van der Waals surface area contributed by atoms with Gasteiger partial charge in [0.05, 0.1) is 19.8 Å². The van der Waals surface area contributed by atoms with Gasteiger partial charge in [0.15, 0.2) is 5.78 Å². The molecule has 1 heterocycles. The van der Waals surface area contributed by atoms with Crippen molar-refractivity contribution in [2.75, 3.05) is 14.2 Å². The van der Waals surface area contributed by atoms with Gasteiger partial charge in [-0.3, -0.25) is 9.59 Å². The van der Waals surface area contributed by atoms with Crippen molar-refractivity contribution < 1.29 is 28.6 Å². The van der Waals surface area contributed by atoms with Crippen molar-refractivity contribution in [1.82, 2.24) is 5.32 Å². The van der Waals surface area contributed by atoms with Crippen molar-refractivity contribution in [3.8, 4) is 0 Å². The molecule has 0 spiro atoms. The van der Waals surface area contributed by atoms with E-state index in [4.69, 9.17) is 14.2 Å². The Hall–Kier alpha value is -2.31. The third-order valence-electron chi connectivity index (χ3n) is 4.26. The van der Waals surface area contributed by atoms with Crippen molar-refractivity contribution in [2.45, 2.75) is 53.0 Å². The van der Waals surface area contributed by atoms with E-state index in [1.165, 1.54) is 14.2 Å². The number of carbonyl (C=O) groups is 3. The second kappa shape index (κ2) is 6.78. The largest absolute Gasteiger partial charge is 0.468 e. The van der Waals surface area contributed by atoms with Crippen LogP contribution >= 0.6 is 0 Å². The number of esters is 2. The maximum Gasteiger partial charge on any atom is 0.340 e. The number of hydrogen-bond donors (Lipinski definition) is 1. The molecule has 26 heavy (non-hydrogen) atoms. The molecule has 7 nitrogen and oxygen atoms in total. The highest BCUT2D eigenvalue weighted by Crippen LogP contribution is 2.45. The molecule has 144 valence electrons. The number of rotatable bonds is 3. The lowest BCUT2D eigenvalue weighted by atomic mass is 9.71. The minimum Gasteiger partial charge on any atom is -0.468 e. The van der Waals surface area contributed by atoms with E-state index in [1.54, 1.807) is 0 Å². The molecule has 0 aromatic rings. The van der Waals surface area contributed by atoms with Gasteiger partial charge in [-0.25, -0.2) is 4.79 Å². The van der Waals surface area contributed by atoms with E-state index in [0.717, 1.165) is 0 Å². The second-order valence-electron chi connectivity index (χ2n) is 8.45. The fraction of sp³-hybridized carbons (Fsp3) is 0.632. The van der Waals surface area contributed by atoms with Gasteiger partial charge in [-0.15, -0.1) is 0 Å². The van der Waals surface area contributed by atoms with Crippen LogP contribution in [-0.2, 0) is 28.6 Å². The first-order valence-electron chi connectivity index (χ1n) is 8.53. The molecule has 1 atom stereocenters. The lowest BCUT2D eigenvalue weighted by molar-refractivity contribution is -0.148. The second-order valence-corrected chi connectivity index (χ2v) is 8.45. The van der Waals surface area contributed by atoms with Crippen molar-refractivity contribution in [3.05, 3.63) is 22.8 Å².